The van der Waals surface area contributed by atoms with Crippen LogP contribution in [0.25, 0.3) is 0 Å². The van der Waals surface area contributed by atoms with Crippen LogP contribution in [0.1, 0.15) is 30.1 Å². The molecule has 132 valence electrons. The predicted molar refractivity (Wildman–Crippen MR) is 98.5 cm³/mol. The monoisotopic (exact) mass is 338 g/mol. The van der Waals surface area contributed by atoms with Gasteiger partial charge in [0.05, 0.1) is 6.54 Å². The zero-order valence-corrected chi connectivity index (χ0v) is 14.9. The molecular formula is C19H26N6. The Kier molecular flexibility index (Phi) is 4.42. The minimum absolute atomic E-state index is 0.353. The second kappa shape index (κ2) is 6.86. The van der Waals surface area contributed by atoms with Crippen LogP contribution in [0.3, 0.4) is 0 Å². The van der Waals surface area contributed by atoms with Crippen LogP contribution < -0.4 is 10.6 Å². The van der Waals surface area contributed by atoms with Gasteiger partial charge in [-0.15, -0.1) is 0 Å². The first kappa shape index (κ1) is 16.1. The van der Waals surface area contributed by atoms with E-state index in [0.29, 0.717) is 18.0 Å². The number of nitrogens with one attached hydrogen (secondary N) is 2. The van der Waals surface area contributed by atoms with Crippen LogP contribution in [-0.2, 0) is 19.4 Å². The molecule has 3 atom stereocenters. The molecule has 25 heavy (non-hydrogen) atoms. The summed E-state index contributed by atoms with van der Waals surface area (Å²) in [6.45, 7) is 2.81. The Morgan fingerprint density at radius 1 is 1.28 bits per heavy atom. The third kappa shape index (κ3) is 3.83. The highest BCUT2D eigenvalue weighted by atomic mass is 15.4. The molecule has 1 aromatic carbocycles. The van der Waals surface area contributed by atoms with Crippen LogP contribution >= 0.6 is 0 Å². The fourth-order valence-electron chi connectivity index (χ4n) is 3.66. The van der Waals surface area contributed by atoms with E-state index >= 15 is 0 Å². The molecule has 6 nitrogen and oxygen atoms in total. The van der Waals surface area contributed by atoms with Crippen LogP contribution in [0.2, 0.25) is 0 Å². The van der Waals surface area contributed by atoms with Gasteiger partial charge in [-0.1, -0.05) is 30.3 Å². The zero-order chi connectivity index (χ0) is 17.2. The summed E-state index contributed by atoms with van der Waals surface area (Å²) in [5.74, 6) is 3.58. The SMILES string of the molecule is CN=C(NC1CCc2nc(C)nn2C1)NC1CC1Cc1ccccc1. The molecule has 1 aliphatic heterocycles. The quantitative estimate of drug-likeness (QED) is 0.658. The summed E-state index contributed by atoms with van der Waals surface area (Å²) in [4.78, 5) is 8.89. The van der Waals surface area contributed by atoms with Crippen molar-refractivity contribution in [3.63, 3.8) is 0 Å². The third-order valence-corrected chi connectivity index (χ3v) is 5.11. The first-order valence-corrected chi connectivity index (χ1v) is 9.15. The number of benzene rings is 1. The molecule has 0 amide bonds. The summed E-state index contributed by atoms with van der Waals surface area (Å²) in [7, 11) is 1.85. The van der Waals surface area contributed by atoms with Gasteiger partial charge >= 0.3 is 0 Å². The van der Waals surface area contributed by atoms with Gasteiger partial charge in [-0.05, 0) is 37.7 Å². The van der Waals surface area contributed by atoms with Crippen LogP contribution in [0.15, 0.2) is 35.3 Å². The fraction of sp³-hybridized carbons (Fsp3) is 0.526. The topological polar surface area (TPSA) is 67.1 Å². The highest BCUT2D eigenvalue weighted by molar-refractivity contribution is 5.80. The highest BCUT2D eigenvalue weighted by Gasteiger charge is 2.37. The molecule has 0 bridgehead atoms. The first-order chi connectivity index (χ1) is 12.2. The van der Waals surface area contributed by atoms with Crippen molar-refractivity contribution in [2.24, 2.45) is 10.9 Å². The van der Waals surface area contributed by atoms with Crippen molar-refractivity contribution >= 4 is 5.96 Å². The van der Waals surface area contributed by atoms with Crippen molar-refractivity contribution in [2.45, 2.75) is 51.2 Å². The number of fused-ring (bicyclic) bond motifs is 1. The minimum Gasteiger partial charge on any atom is -0.353 e. The maximum atomic E-state index is 4.47. The first-order valence-electron chi connectivity index (χ1n) is 9.15. The van der Waals surface area contributed by atoms with E-state index in [4.69, 9.17) is 0 Å². The standard InChI is InChI=1S/C19H26N6/c1-13-21-18-9-8-16(12-25(18)24-13)22-19(20-2)23-17-11-15(17)10-14-6-4-3-5-7-14/h3-7,15-17H,8-12H2,1-2H3,(H2,20,22,23). The molecule has 3 unspecified atom stereocenters. The second-order valence-corrected chi connectivity index (χ2v) is 7.15. The molecule has 6 heteroatoms. The van der Waals surface area contributed by atoms with E-state index in [1.165, 1.54) is 12.0 Å². The Morgan fingerprint density at radius 2 is 2.12 bits per heavy atom. The van der Waals surface area contributed by atoms with Gasteiger partial charge in [0, 0.05) is 25.6 Å². The van der Waals surface area contributed by atoms with Crippen LogP contribution in [-0.4, -0.2) is 39.9 Å². The van der Waals surface area contributed by atoms with E-state index in [-0.39, 0.29) is 0 Å². The highest BCUT2D eigenvalue weighted by Crippen LogP contribution is 2.33. The summed E-state index contributed by atoms with van der Waals surface area (Å²) in [5.41, 5.74) is 1.42. The average Bonchev–Trinajstić information content (AvgIpc) is 3.22. The number of aromatic nitrogens is 3. The Labute approximate surface area is 148 Å². The lowest BCUT2D eigenvalue weighted by atomic mass is 10.1. The summed E-state index contributed by atoms with van der Waals surface area (Å²) in [6.07, 6.45) is 4.39. The second-order valence-electron chi connectivity index (χ2n) is 7.15. The molecule has 4 rings (SSSR count). The average molecular weight is 338 g/mol. The van der Waals surface area contributed by atoms with Crippen LogP contribution in [0, 0.1) is 12.8 Å². The Bertz CT molecular complexity index is 751. The molecule has 0 spiro atoms. The maximum Gasteiger partial charge on any atom is 0.191 e. The summed E-state index contributed by atoms with van der Waals surface area (Å²) < 4.78 is 2.03. The van der Waals surface area contributed by atoms with Crippen molar-refractivity contribution in [2.75, 3.05) is 7.05 Å². The third-order valence-electron chi connectivity index (χ3n) is 5.11. The predicted octanol–water partition coefficient (Wildman–Crippen LogP) is 1.70. The molecule has 1 aliphatic carbocycles. The number of aliphatic imine (C=N–C) groups is 1. The van der Waals surface area contributed by atoms with Gasteiger partial charge in [0.2, 0.25) is 0 Å². The lowest BCUT2D eigenvalue weighted by Gasteiger charge is -2.25. The van der Waals surface area contributed by atoms with E-state index in [0.717, 1.165) is 43.4 Å². The number of rotatable bonds is 4. The summed E-state index contributed by atoms with van der Waals surface area (Å²) in [5, 5.41) is 11.6. The maximum absolute atomic E-state index is 4.47. The Hall–Kier alpha value is -2.37. The fourth-order valence-corrected chi connectivity index (χ4v) is 3.66. The van der Waals surface area contributed by atoms with Gasteiger partial charge in [0.25, 0.3) is 0 Å². The van der Waals surface area contributed by atoms with Crippen LogP contribution in [0.4, 0.5) is 0 Å². The van der Waals surface area contributed by atoms with Gasteiger partial charge in [-0.2, -0.15) is 5.10 Å². The number of hydrogen-bond acceptors (Lipinski definition) is 3. The van der Waals surface area contributed by atoms with Crippen molar-refractivity contribution in [1.82, 2.24) is 25.4 Å². The molecule has 0 radical (unpaired) electrons. The molecule has 0 saturated heterocycles. The van der Waals surface area contributed by atoms with Gasteiger partial charge in [-0.25, -0.2) is 9.67 Å². The largest absolute Gasteiger partial charge is 0.353 e. The molecular weight excluding hydrogens is 312 g/mol. The van der Waals surface area contributed by atoms with E-state index in [2.05, 4.69) is 56.0 Å². The summed E-state index contributed by atoms with van der Waals surface area (Å²) >= 11 is 0. The van der Waals surface area contributed by atoms with Crippen molar-refractivity contribution in [3.05, 3.63) is 47.5 Å². The molecule has 1 saturated carbocycles. The van der Waals surface area contributed by atoms with Crippen molar-refractivity contribution < 1.29 is 0 Å². The lowest BCUT2D eigenvalue weighted by molar-refractivity contribution is 0.392. The molecule has 1 fully saturated rings. The van der Waals surface area contributed by atoms with Gasteiger partial charge < -0.3 is 10.6 Å². The Morgan fingerprint density at radius 3 is 2.92 bits per heavy atom. The van der Waals surface area contributed by atoms with E-state index in [9.17, 15) is 0 Å². The molecule has 2 aromatic rings. The van der Waals surface area contributed by atoms with Crippen LogP contribution in [0.5, 0.6) is 0 Å². The normalized spacial score (nSPS) is 25.4. The minimum atomic E-state index is 0.353. The Balaban J connectivity index is 1.28. The molecule has 2 N–H and O–H groups in total. The van der Waals surface area contributed by atoms with Gasteiger partial charge in [-0.3, -0.25) is 4.99 Å². The summed E-state index contributed by atoms with van der Waals surface area (Å²) in [6, 6.07) is 11.6. The van der Waals surface area contributed by atoms with Crippen molar-refractivity contribution in [3.8, 4) is 0 Å². The van der Waals surface area contributed by atoms with E-state index < -0.39 is 0 Å². The number of guanidine groups is 1. The molecule has 2 heterocycles. The lowest BCUT2D eigenvalue weighted by Crippen LogP contribution is -2.48. The van der Waals surface area contributed by atoms with E-state index in [1.54, 1.807) is 0 Å². The van der Waals surface area contributed by atoms with Crippen molar-refractivity contribution in [1.29, 1.82) is 0 Å². The number of aryl methyl sites for hydroxylation is 2. The number of hydrogen-bond donors (Lipinski definition) is 2. The number of nitrogens with zero attached hydrogens (tertiary/aromatic N) is 4. The van der Waals surface area contributed by atoms with E-state index in [1.807, 2.05) is 18.7 Å². The zero-order valence-electron chi connectivity index (χ0n) is 14.9. The van der Waals surface area contributed by atoms with Gasteiger partial charge in [0.1, 0.15) is 11.6 Å². The molecule has 1 aromatic heterocycles. The van der Waals surface area contributed by atoms with Gasteiger partial charge in [0.15, 0.2) is 5.96 Å². The smallest absolute Gasteiger partial charge is 0.191 e. The molecule has 2 aliphatic rings.